The first-order valence-corrected chi connectivity index (χ1v) is 12.2. The van der Waals surface area contributed by atoms with E-state index in [9.17, 15) is 9.59 Å². The topological polar surface area (TPSA) is 98.1 Å². The van der Waals surface area contributed by atoms with Crippen LogP contribution in [0.15, 0.2) is 97.1 Å². The molecule has 2 amide bonds. The van der Waals surface area contributed by atoms with Crippen molar-refractivity contribution in [1.82, 2.24) is 25.4 Å². The van der Waals surface area contributed by atoms with Crippen molar-refractivity contribution in [2.75, 3.05) is 13.2 Å². The van der Waals surface area contributed by atoms with Crippen molar-refractivity contribution in [3.05, 3.63) is 108 Å². The van der Waals surface area contributed by atoms with E-state index in [2.05, 4.69) is 15.6 Å². The predicted molar refractivity (Wildman–Crippen MR) is 141 cm³/mol. The third-order valence-electron chi connectivity index (χ3n) is 6.04. The van der Waals surface area contributed by atoms with Gasteiger partial charge in [-0.1, -0.05) is 36.4 Å². The molecule has 186 valence electrons. The van der Waals surface area contributed by atoms with E-state index in [0.29, 0.717) is 30.0 Å². The molecule has 1 saturated heterocycles. The van der Waals surface area contributed by atoms with Crippen molar-refractivity contribution in [1.29, 1.82) is 0 Å². The number of hydrogen-bond donors (Lipinski definition) is 2. The minimum Gasteiger partial charge on any atom is -0.376 e. The number of nitrogens with zero attached hydrogens (tertiary/aromatic N) is 3. The van der Waals surface area contributed by atoms with E-state index < -0.39 is 5.91 Å². The van der Waals surface area contributed by atoms with Crippen LogP contribution >= 0.6 is 0 Å². The number of amides is 2. The molecule has 8 heteroatoms. The Kier molecular flexibility index (Phi) is 7.47. The number of para-hydroxylation sites is 1. The van der Waals surface area contributed by atoms with E-state index in [1.54, 1.807) is 47.4 Å². The summed E-state index contributed by atoms with van der Waals surface area (Å²) in [5, 5.41) is 10.5. The third-order valence-corrected chi connectivity index (χ3v) is 6.04. The summed E-state index contributed by atoms with van der Waals surface area (Å²) < 4.78 is 7.38. The highest BCUT2D eigenvalue weighted by atomic mass is 16.5. The number of hydrogen-bond acceptors (Lipinski definition) is 5. The normalized spacial score (nSPS) is 15.4. The van der Waals surface area contributed by atoms with Gasteiger partial charge in [-0.2, -0.15) is 5.10 Å². The molecule has 4 aromatic rings. The van der Waals surface area contributed by atoms with E-state index in [-0.39, 0.29) is 17.7 Å². The fourth-order valence-corrected chi connectivity index (χ4v) is 4.14. The van der Waals surface area contributed by atoms with Gasteiger partial charge in [-0.25, -0.2) is 4.68 Å². The number of carbonyl (C=O) groups is 2. The number of nitrogens with one attached hydrogen (secondary N) is 2. The SMILES string of the molecule is O=C(NCC1CCCO1)/C(=C/c1cn(-c2ccccc2)nc1-c1cccnc1)NC(=O)c1ccccc1. The Hall–Kier alpha value is -4.56. The van der Waals surface area contributed by atoms with Gasteiger partial charge in [0, 0.05) is 48.4 Å². The van der Waals surface area contributed by atoms with Gasteiger partial charge in [0.1, 0.15) is 11.4 Å². The van der Waals surface area contributed by atoms with Crippen LogP contribution in [0.4, 0.5) is 0 Å². The number of rotatable bonds is 8. The van der Waals surface area contributed by atoms with Crippen molar-refractivity contribution >= 4 is 17.9 Å². The van der Waals surface area contributed by atoms with Crippen LogP contribution in [0.5, 0.6) is 0 Å². The van der Waals surface area contributed by atoms with Crippen LogP contribution in [0.3, 0.4) is 0 Å². The molecule has 2 aromatic carbocycles. The molecule has 3 heterocycles. The molecule has 8 nitrogen and oxygen atoms in total. The first-order valence-electron chi connectivity index (χ1n) is 12.2. The fraction of sp³-hybridized carbons (Fsp3) is 0.172. The number of aromatic nitrogens is 3. The van der Waals surface area contributed by atoms with Crippen molar-refractivity contribution in [3.8, 4) is 16.9 Å². The molecule has 2 N–H and O–H groups in total. The Morgan fingerprint density at radius 3 is 2.51 bits per heavy atom. The highest BCUT2D eigenvalue weighted by Crippen LogP contribution is 2.25. The largest absolute Gasteiger partial charge is 0.376 e. The van der Waals surface area contributed by atoms with Crippen LogP contribution in [0.25, 0.3) is 23.0 Å². The van der Waals surface area contributed by atoms with Gasteiger partial charge >= 0.3 is 0 Å². The van der Waals surface area contributed by atoms with Crippen molar-refractivity contribution < 1.29 is 14.3 Å². The molecule has 1 aliphatic heterocycles. The molecule has 1 atom stereocenters. The summed E-state index contributed by atoms with van der Waals surface area (Å²) in [4.78, 5) is 30.5. The lowest BCUT2D eigenvalue weighted by Crippen LogP contribution is -2.38. The first-order chi connectivity index (χ1) is 18.2. The molecule has 1 fully saturated rings. The number of ether oxygens (including phenoxy) is 1. The molecule has 0 saturated carbocycles. The van der Waals surface area contributed by atoms with Gasteiger partial charge < -0.3 is 15.4 Å². The molecule has 0 aliphatic carbocycles. The lowest BCUT2D eigenvalue weighted by Gasteiger charge is -2.14. The van der Waals surface area contributed by atoms with Gasteiger partial charge in [-0.05, 0) is 55.3 Å². The van der Waals surface area contributed by atoms with Crippen LogP contribution < -0.4 is 10.6 Å². The Morgan fingerprint density at radius 2 is 1.81 bits per heavy atom. The Labute approximate surface area is 215 Å². The quantitative estimate of drug-likeness (QED) is 0.362. The zero-order valence-electron chi connectivity index (χ0n) is 20.2. The minimum absolute atomic E-state index is 0.0261. The first kappa shape index (κ1) is 24.1. The maximum absolute atomic E-state index is 13.3. The smallest absolute Gasteiger partial charge is 0.267 e. The molecule has 5 rings (SSSR count). The molecule has 1 aliphatic rings. The second kappa shape index (κ2) is 11.5. The third kappa shape index (κ3) is 5.99. The predicted octanol–water partition coefficient (Wildman–Crippen LogP) is 4.00. The summed E-state index contributed by atoms with van der Waals surface area (Å²) in [7, 11) is 0. The minimum atomic E-state index is -0.399. The number of benzene rings is 2. The molecular weight excluding hydrogens is 466 g/mol. The second-order valence-corrected chi connectivity index (χ2v) is 8.68. The van der Waals surface area contributed by atoms with Gasteiger partial charge in [-0.3, -0.25) is 14.6 Å². The van der Waals surface area contributed by atoms with Crippen molar-refractivity contribution in [2.24, 2.45) is 0 Å². The highest BCUT2D eigenvalue weighted by molar-refractivity contribution is 6.05. The molecule has 0 bridgehead atoms. The van der Waals surface area contributed by atoms with Crippen LogP contribution in [0, 0.1) is 0 Å². The van der Waals surface area contributed by atoms with Crippen molar-refractivity contribution in [2.45, 2.75) is 18.9 Å². The molecule has 1 unspecified atom stereocenters. The molecular formula is C29H27N5O3. The maximum Gasteiger partial charge on any atom is 0.267 e. The molecule has 2 aromatic heterocycles. The average molecular weight is 494 g/mol. The summed E-state index contributed by atoms with van der Waals surface area (Å²) in [6.07, 6.45) is 8.74. The van der Waals surface area contributed by atoms with E-state index in [0.717, 1.165) is 24.1 Å². The maximum atomic E-state index is 13.3. The lowest BCUT2D eigenvalue weighted by molar-refractivity contribution is -0.118. The second-order valence-electron chi connectivity index (χ2n) is 8.68. The zero-order chi connectivity index (χ0) is 25.5. The Morgan fingerprint density at radius 1 is 1.03 bits per heavy atom. The van der Waals surface area contributed by atoms with E-state index in [1.165, 1.54) is 0 Å². The van der Waals surface area contributed by atoms with Gasteiger partial charge in [0.25, 0.3) is 11.8 Å². The summed E-state index contributed by atoms with van der Waals surface area (Å²) >= 11 is 0. The number of carbonyl (C=O) groups excluding carboxylic acids is 2. The highest BCUT2D eigenvalue weighted by Gasteiger charge is 2.21. The average Bonchev–Trinajstić information content (AvgIpc) is 3.63. The monoisotopic (exact) mass is 493 g/mol. The summed E-state index contributed by atoms with van der Waals surface area (Å²) in [6.45, 7) is 1.07. The van der Waals surface area contributed by atoms with E-state index in [1.807, 2.05) is 54.7 Å². The molecule has 0 spiro atoms. The van der Waals surface area contributed by atoms with Gasteiger partial charge in [0.2, 0.25) is 0 Å². The Bertz CT molecular complexity index is 1380. The van der Waals surface area contributed by atoms with E-state index >= 15 is 0 Å². The Balaban J connectivity index is 1.52. The standard InChI is InChI=1S/C29H27N5O3/c35-28(21-9-3-1-4-10-21)32-26(29(36)31-19-25-14-8-16-37-25)17-23-20-34(24-12-5-2-6-13-24)33-27(23)22-11-7-15-30-18-22/h1-7,9-13,15,17-18,20,25H,8,14,16,19H2,(H,31,36)(H,32,35)/b26-17-. The molecule has 37 heavy (non-hydrogen) atoms. The van der Waals surface area contributed by atoms with E-state index in [4.69, 9.17) is 9.84 Å². The van der Waals surface area contributed by atoms with Crippen LogP contribution in [0.1, 0.15) is 28.8 Å². The van der Waals surface area contributed by atoms with Gasteiger partial charge in [0.05, 0.1) is 11.8 Å². The fourth-order valence-electron chi connectivity index (χ4n) is 4.14. The molecule has 0 radical (unpaired) electrons. The van der Waals surface area contributed by atoms with Crippen LogP contribution in [0.2, 0.25) is 0 Å². The summed E-state index contributed by atoms with van der Waals surface area (Å²) in [6, 6.07) is 22.2. The summed E-state index contributed by atoms with van der Waals surface area (Å²) in [5.41, 5.74) is 3.52. The van der Waals surface area contributed by atoms with Gasteiger partial charge in [-0.15, -0.1) is 0 Å². The number of pyridine rings is 1. The summed E-state index contributed by atoms with van der Waals surface area (Å²) in [5.74, 6) is -0.776. The lowest BCUT2D eigenvalue weighted by atomic mass is 10.1. The van der Waals surface area contributed by atoms with Crippen molar-refractivity contribution in [3.63, 3.8) is 0 Å². The van der Waals surface area contributed by atoms with Crippen LogP contribution in [-0.4, -0.2) is 45.8 Å². The van der Waals surface area contributed by atoms with Gasteiger partial charge in [0.15, 0.2) is 0 Å². The zero-order valence-corrected chi connectivity index (χ0v) is 20.2. The van der Waals surface area contributed by atoms with Crippen LogP contribution in [-0.2, 0) is 9.53 Å².